The molecule has 3 rings (SSSR count). The second-order valence-electron chi connectivity index (χ2n) is 6.62. The molecule has 1 aliphatic carbocycles. The Kier molecular flexibility index (Phi) is 4.20. The van der Waals surface area contributed by atoms with Gasteiger partial charge in [0, 0.05) is 13.6 Å². The highest BCUT2D eigenvalue weighted by molar-refractivity contribution is 7.71. The number of H-pyrrole nitrogens is 1. The molecule has 0 atom stereocenters. The van der Waals surface area contributed by atoms with Crippen molar-refractivity contribution >= 4 is 23.4 Å². The van der Waals surface area contributed by atoms with Crippen molar-refractivity contribution in [1.29, 1.82) is 0 Å². The summed E-state index contributed by atoms with van der Waals surface area (Å²) >= 11 is 5.53. The van der Waals surface area contributed by atoms with E-state index in [4.69, 9.17) is 12.2 Å². The molecule has 116 valence electrons. The molecular formula is C16H26N4S. The van der Waals surface area contributed by atoms with Crippen LogP contribution in [0.5, 0.6) is 0 Å². The van der Waals surface area contributed by atoms with Gasteiger partial charge in [-0.2, -0.15) is 5.10 Å². The van der Waals surface area contributed by atoms with Crippen LogP contribution in [0.2, 0.25) is 0 Å². The molecule has 5 heteroatoms. The summed E-state index contributed by atoms with van der Waals surface area (Å²) in [5, 5.41) is 4.59. The average Bonchev–Trinajstić information content (AvgIpc) is 2.95. The number of imidazole rings is 1. The van der Waals surface area contributed by atoms with Gasteiger partial charge in [0.2, 0.25) is 0 Å². The fraction of sp³-hybridized carbons (Fsp3) is 0.750. The molecule has 0 radical (unpaired) electrons. The molecule has 21 heavy (non-hydrogen) atoms. The first-order chi connectivity index (χ1) is 10.1. The molecule has 0 spiro atoms. The lowest BCUT2D eigenvalue weighted by molar-refractivity contribution is 0.269. The zero-order valence-corrected chi connectivity index (χ0v) is 14.2. The normalized spacial score (nSPS) is 23.0. The maximum Gasteiger partial charge on any atom is 0.179 e. The Labute approximate surface area is 131 Å². The van der Waals surface area contributed by atoms with Gasteiger partial charge >= 0.3 is 0 Å². The highest BCUT2D eigenvalue weighted by Gasteiger charge is 2.19. The van der Waals surface area contributed by atoms with Crippen molar-refractivity contribution in [2.45, 2.75) is 58.9 Å². The summed E-state index contributed by atoms with van der Waals surface area (Å²) in [6.07, 6.45) is 7.73. The van der Waals surface area contributed by atoms with Crippen molar-refractivity contribution in [3.8, 4) is 0 Å². The van der Waals surface area contributed by atoms with E-state index in [-0.39, 0.29) is 0 Å². The van der Waals surface area contributed by atoms with Gasteiger partial charge in [-0.3, -0.25) is 4.68 Å². The third kappa shape index (κ3) is 2.80. The van der Waals surface area contributed by atoms with Gasteiger partial charge in [0.15, 0.2) is 10.4 Å². The van der Waals surface area contributed by atoms with Crippen LogP contribution in [0, 0.1) is 16.6 Å². The maximum absolute atomic E-state index is 5.53. The standard InChI is InChI=1S/C16H26N4S/c1-4-13-14-15(19(3)18-13)20(16(21)17-14)10-9-12-7-5-11(2)6-8-12/h11-12H,4-10H2,1-3H3,(H,17,21). The van der Waals surface area contributed by atoms with E-state index in [0.29, 0.717) is 0 Å². The molecular weight excluding hydrogens is 280 g/mol. The second kappa shape index (κ2) is 5.95. The molecule has 1 N–H and O–H groups in total. The van der Waals surface area contributed by atoms with Crippen molar-refractivity contribution in [2.75, 3.05) is 0 Å². The van der Waals surface area contributed by atoms with Crippen LogP contribution in [0.4, 0.5) is 0 Å². The van der Waals surface area contributed by atoms with Crippen molar-refractivity contribution in [3.05, 3.63) is 10.5 Å². The van der Waals surface area contributed by atoms with Gasteiger partial charge in [-0.05, 0) is 36.9 Å². The number of aromatic nitrogens is 4. The summed E-state index contributed by atoms with van der Waals surface area (Å²) in [5.74, 6) is 1.79. The summed E-state index contributed by atoms with van der Waals surface area (Å²) in [6, 6.07) is 0. The lowest BCUT2D eigenvalue weighted by Gasteiger charge is -2.26. The van der Waals surface area contributed by atoms with Crippen LogP contribution in [0.25, 0.3) is 11.2 Å². The van der Waals surface area contributed by atoms with Gasteiger partial charge in [0.05, 0.1) is 5.69 Å². The predicted octanol–water partition coefficient (Wildman–Crippen LogP) is 4.21. The van der Waals surface area contributed by atoms with Gasteiger partial charge in [-0.1, -0.05) is 39.5 Å². The van der Waals surface area contributed by atoms with Gasteiger partial charge in [-0.25, -0.2) is 0 Å². The predicted molar refractivity (Wildman–Crippen MR) is 89.0 cm³/mol. The number of hydrogen-bond donors (Lipinski definition) is 1. The van der Waals surface area contributed by atoms with E-state index in [0.717, 1.165) is 46.4 Å². The quantitative estimate of drug-likeness (QED) is 0.859. The van der Waals surface area contributed by atoms with Crippen LogP contribution in [0.15, 0.2) is 0 Å². The Morgan fingerprint density at radius 1 is 1.29 bits per heavy atom. The number of nitrogens with one attached hydrogen (secondary N) is 1. The highest BCUT2D eigenvalue weighted by Crippen LogP contribution is 2.31. The van der Waals surface area contributed by atoms with E-state index < -0.39 is 0 Å². The zero-order chi connectivity index (χ0) is 15.0. The molecule has 2 heterocycles. The van der Waals surface area contributed by atoms with E-state index in [9.17, 15) is 0 Å². The molecule has 2 aromatic rings. The Hall–Kier alpha value is -1.10. The summed E-state index contributed by atoms with van der Waals surface area (Å²) in [5.41, 5.74) is 3.40. The first kappa shape index (κ1) is 14.8. The van der Waals surface area contributed by atoms with Crippen molar-refractivity contribution < 1.29 is 0 Å². The number of aromatic amines is 1. The van der Waals surface area contributed by atoms with Gasteiger partial charge in [-0.15, -0.1) is 0 Å². The molecule has 0 aliphatic heterocycles. The number of fused-ring (bicyclic) bond motifs is 1. The first-order valence-corrected chi connectivity index (χ1v) is 8.65. The molecule has 0 aromatic carbocycles. The Morgan fingerprint density at radius 2 is 2.00 bits per heavy atom. The van der Waals surface area contributed by atoms with Crippen LogP contribution in [0.3, 0.4) is 0 Å². The molecule has 1 fully saturated rings. The lowest BCUT2D eigenvalue weighted by atomic mass is 9.81. The number of nitrogens with zero attached hydrogens (tertiary/aromatic N) is 3. The van der Waals surface area contributed by atoms with E-state index >= 15 is 0 Å². The largest absolute Gasteiger partial charge is 0.328 e. The molecule has 0 bridgehead atoms. The van der Waals surface area contributed by atoms with Gasteiger partial charge in [0.1, 0.15) is 5.52 Å². The smallest absolute Gasteiger partial charge is 0.179 e. The highest BCUT2D eigenvalue weighted by atomic mass is 32.1. The monoisotopic (exact) mass is 306 g/mol. The van der Waals surface area contributed by atoms with Gasteiger partial charge < -0.3 is 9.55 Å². The number of rotatable bonds is 4. The maximum atomic E-state index is 5.53. The third-order valence-electron chi connectivity index (χ3n) is 5.05. The average molecular weight is 306 g/mol. The van der Waals surface area contributed by atoms with Crippen LogP contribution >= 0.6 is 12.2 Å². The molecule has 1 saturated carbocycles. The zero-order valence-electron chi connectivity index (χ0n) is 13.4. The minimum absolute atomic E-state index is 0.844. The van der Waals surface area contributed by atoms with Crippen molar-refractivity contribution in [1.82, 2.24) is 19.3 Å². The van der Waals surface area contributed by atoms with E-state index in [1.54, 1.807) is 0 Å². The Balaban J connectivity index is 1.79. The SMILES string of the molecule is CCc1nn(C)c2c1[nH]c(=S)n2CCC1CCC(C)CC1. The van der Waals surface area contributed by atoms with Gasteiger partial charge in [0.25, 0.3) is 0 Å². The molecule has 4 nitrogen and oxygen atoms in total. The fourth-order valence-electron chi connectivity index (χ4n) is 3.66. The molecule has 0 saturated heterocycles. The summed E-state index contributed by atoms with van der Waals surface area (Å²) in [6.45, 7) is 5.53. The van der Waals surface area contributed by atoms with E-state index in [2.05, 4.69) is 28.5 Å². The Morgan fingerprint density at radius 3 is 2.67 bits per heavy atom. The Bertz CT molecular complexity index is 670. The van der Waals surface area contributed by atoms with Crippen molar-refractivity contribution in [2.24, 2.45) is 18.9 Å². The third-order valence-corrected chi connectivity index (χ3v) is 5.38. The van der Waals surface area contributed by atoms with E-state index in [1.807, 2.05) is 11.7 Å². The van der Waals surface area contributed by atoms with E-state index in [1.165, 1.54) is 32.1 Å². The van der Waals surface area contributed by atoms with Crippen LogP contribution in [-0.2, 0) is 20.0 Å². The first-order valence-electron chi connectivity index (χ1n) is 8.24. The van der Waals surface area contributed by atoms with Crippen molar-refractivity contribution in [3.63, 3.8) is 0 Å². The fourth-order valence-corrected chi connectivity index (χ4v) is 3.94. The molecule has 2 aromatic heterocycles. The van der Waals surface area contributed by atoms with Crippen LogP contribution in [0.1, 0.15) is 51.6 Å². The molecule has 0 amide bonds. The second-order valence-corrected chi connectivity index (χ2v) is 7.01. The topological polar surface area (TPSA) is 38.5 Å². The number of hydrogen-bond acceptors (Lipinski definition) is 2. The summed E-state index contributed by atoms with van der Waals surface area (Å²) < 4.78 is 5.06. The van der Waals surface area contributed by atoms with Crippen LogP contribution in [-0.4, -0.2) is 19.3 Å². The van der Waals surface area contributed by atoms with Crippen LogP contribution < -0.4 is 0 Å². The minimum atomic E-state index is 0.844. The molecule has 1 aliphatic rings. The number of aryl methyl sites for hydroxylation is 3. The molecule has 0 unspecified atom stereocenters. The minimum Gasteiger partial charge on any atom is -0.328 e. The lowest BCUT2D eigenvalue weighted by Crippen LogP contribution is -2.15. The summed E-state index contributed by atoms with van der Waals surface area (Å²) in [4.78, 5) is 3.36. The summed E-state index contributed by atoms with van der Waals surface area (Å²) in [7, 11) is 2.02.